The zero-order chi connectivity index (χ0) is 13.1. The summed E-state index contributed by atoms with van der Waals surface area (Å²) < 4.78 is 10.2. The fourth-order valence-corrected chi connectivity index (χ4v) is 1.50. The van der Waals surface area contributed by atoms with Crippen molar-refractivity contribution in [2.24, 2.45) is 0 Å². The van der Waals surface area contributed by atoms with Crippen LogP contribution in [-0.4, -0.2) is 36.2 Å². The lowest BCUT2D eigenvalue weighted by molar-refractivity contribution is -0.145. The average Bonchev–Trinajstić information content (AvgIpc) is 2.65. The molecule has 0 bridgehead atoms. The molecule has 1 heterocycles. The Balaban J connectivity index is 2.81. The Morgan fingerprint density at radius 3 is 2.65 bits per heavy atom. The maximum Gasteiger partial charge on any atom is 0.331 e. The van der Waals surface area contributed by atoms with Crippen LogP contribution < -0.4 is 5.32 Å². The number of furan rings is 1. The molecular weight excluding hydrogens is 294 g/mol. The van der Waals surface area contributed by atoms with Gasteiger partial charge in [-0.05, 0) is 35.0 Å². The number of ether oxygens (including phenoxy) is 1. The first kappa shape index (κ1) is 13.7. The Labute approximate surface area is 106 Å². The van der Waals surface area contributed by atoms with Crippen molar-refractivity contribution in [1.29, 1.82) is 0 Å². The summed E-state index contributed by atoms with van der Waals surface area (Å²) in [6.07, 6.45) is 0. The number of carbonyl (C=O) groups excluding carboxylic acids is 1. The fourth-order valence-electron chi connectivity index (χ4n) is 1.19. The van der Waals surface area contributed by atoms with Gasteiger partial charge < -0.3 is 19.6 Å². The van der Waals surface area contributed by atoms with Gasteiger partial charge in [0, 0.05) is 7.11 Å². The van der Waals surface area contributed by atoms with Crippen molar-refractivity contribution in [3.63, 3.8) is 0 Å². The summed E-state index contributed by atoms with van der Waals surface area (Å²) in [5.41, 5.74) is -1.49. The molecule has 17 heavy (non-hydrogen) atoms. The van der Waals surface area contributed by atoms with Crippen molar-refractivity contribution in [1.82, 2.24) is 5.32 Å². The number of nitrogens with one attached hydrogen (secondary N) is 1. The standard InChI is InChI=1S/C10H12BrNO5/c1-10(5-16-2,9(14)15)12-8(13)6-3-4-7(11)17-6/h3-4H,5H2,1-2H3,(H,12,13)(H,14,15). The van der Waals surface area contributed by atoms with Gasteiger partial charge in [0.05, 0.1) is 6.61 Å². The molecule has 1 rings (SSSR count). The van der Waals surface area contributed by atoms with Crippen LogP contribution in [0.4, 0.5) is 0 Å². The highest BCUT2D eigenvalue weighted by molar-refractivity contribution is 9.10. The second-order valence-electron chi connectivity index (χ2n) is 3.63. The van der Waals surface area contributed by atoms with Crippen molar-refractivity contribution in [3.05, 3.63) is 22.6 Å². The number of carboxylic acid groups (broad SMARTS) is 1. The first-order valence-electron chi connectivity index (χ1n) is 4.69. The van der Waals surface area contributed by atoms with E-state index in [0.717, 1.165) is 0 Å². The third-order valence-electron chi connectivity index (χ3n) is 2.09. The lowest BCUT2D eigenvalue weighted by Crippen LogP contribution is -2.55. The summed E-state index contributed by atoms with van der Waals surface area (Å²) in [4.78, 5) is 22.8. The van der Waals surface area contributed by atoms with Crippen LogP contribution in [0.15, 0.2) is 21.2 Å². The molecule has 1 unspecified atom stereocenters. The number of hydrogen-bond acceptors (Lipinski definition) is 4. The molecule has 1 aromatic heterocycles. The van der Waals surface area contributed by atoms with Crippen molar-refractivity contribution < 1.29 is 23.8 Å². The third kappa shape index (κ3) is 3.31. The Morgan fingerprint density at radius 2 is 2.24 bits per heavy atom. The SMILES string of the molecule is COCC(C)(NC(=O)c1ccc(Br)o1)C(=O)O. The minimum Gasteiger partial charge on any atom is -0.479 e. The molecule has 0 radical (unpaired) electrons. The summed E-state index contributed by atoms with van der Waals surface area (Å²) in [7, 11) is 1.36. The topological polar surface area (TPSA) is 88.8 Å². The Hall–Kier alpha value is -1.34. The van der Waals surface area contributed by atoms with E-state index in [0.29, 0.717) is 4.67 Å². The van der Waals surface area contributed by atoms with Crippen molar-refractivity contribution in [2.75, 3.05) is 13.7 Å². The van der Waals surface area contributed by atoms with Gasteiger partial charge in [-0.2, -0.15) is 0 Å². The number of halogens is 1. The summed E-state index contributed by atoms with van der Waals surface area (Å²) in [6, 6.07) is 2.98. The Kier molecular flexibility index (Phi) is 4.30. The largest absolute Gasteiger partial charge is 0.479 e. The lowest BCUT2D eigenvalue weighted by atomic mass is 10.0. The van der Waals surface area contributed by atoms with Crippen LogP contribution in [0.1, 0.15) is 17.5 Å². The van der Waals surface area contributed by atoms with E-state index in [4.69, 9.17) is 14.3 Å². The second-order valence-corrected chi connectivity index (χ2v) is 4.41. The number of hydrogen-bond donors (Lipinski definition) is 2. The number of carbonyl (C=O) groups is 2. The number of aliphatic carboxylic acids is 1. The maximum absolute atomic E-state index is 11.7. The molecule has 0 spiro atoms. The van der Waals surface area contributed by atoms with Crippen LogP contribution in [0, 0.1) is 0 Å². The van der Waals surface area contributed by atoms with Gasteiger partial charge >= 0.3 is 5.97 Å². The molecule has 1 amide bonds. The molecule has 0 saturated heterocycles. The first-order valence-corrected chi connectivity index (χ1v) is 5.48. The average molecular weight is 306 g/mol. The minimum atomic E-state index is -1.49. The van der Waals surface area contributed by atoms with E-state index in [1.165, 1.54) is 20.1 Å². The van der Waals surface area contributed by atoms with Crippen molar-refractivity contribution in [2.45, 2.75) is 12.5 Å². The van der Waals surface area contributed by atoms with Crippen LogP contribution in [0.25, 0.3) is 0 Å². The second kappa shape index (κ2) is 5.33. The monoisotopic (exact) mass is 305 g/mol. The summed E-state index contributed by atoms with van der Waals surface area (Å²) >= 11 is 3.05. The zero-order valence-electron chi connectivity index (χ0n) is 9.32. The predicted molar refractivity (Wildman–Crippen MR) is 61.8 cm³/mol. The number of rotatable bonds is 5. The summed E-state index contributed by atoms with van der Waals surface area (Å²) in [5.74, 6) is -1.77. The van der Waals surface area contributed by atoms with Gasteiger partial charge in [-0.1, -0.05) is 0 Å². The van der Waals surface area contributed by atoms with E-state index in [-0.39, 0.29) is 12.4 Å². The molecule has 94 valence electrons. The predicted octanol–water partition coefficient (Wildman–Crippen LogP) is 1.26. The molecular formula is C10H12BrNO5. The van der Waals surface area contributed by atoms with Crippen LogP contribution in [0.5, 0.6) is 0 Å². The van der Waals surface area contributed by atoms with E-state index in [2.05, 4.69) is 21.2 Å². The number of amides is 1. The molecule has 1 atom stereocenters. The van der Waals surface area contributed by atoms with Crippen LogP contribution >= 0.6 is 15.9 Å². The zero-order valence-corrected chi connectivity index (χ0v) is 10.9. The lowest BCUT2D eigenvalue weighted by Gasteiger charge is -2.24. The smallest absolute Gasteiger partial charge is 0.331 e. The Morgan fingerprint density at radius 1 is 1.59 bits per heavy atom. The third-order valence-corrected chi connectivity index (χ3v) is 2.52. The maximum atomic E-state index is 11.7. The van der Waals surface area contributed by atoms with E-state index in [1.54, 1.807) is 6.07 Å². The van der Waals surface area contributed by atoms with Crippen molar-refractivity contribution in [3.8, 4) is 0 Å². The molecule has 0 saturated carbocycles. The normalized spacial score (nSPS) is 14.1. The molecule has 0 aromatic carbocycles. The summed E-state index contributed by atoms with van der Waals surface area (Å²) in [5, 5.41) is 11.4. The quantitative estimate of drug-likeness (QED) is 0.855. The fraction of sp³-hybridized carbons (Fsp3) is 0.400. The molecule has 2 N–H and O–H groups in total. The van der Waals surface area contributed by atoms with Gasteiger partial charge in [0.1, 0.15) is 0 Å². The van der Waals surface area contributed by atoms with Gasteiger partial charge in [-0.25, -0.2) is 4.79 Å². The highest BCUT2D eigenvalue weighted by Gasteiger charge is 2.35. The first-order chi connectivity index (χ1) is 7.89. The van der Waals surface area contributed by atoms with Crippen LogP contribution in [-0.2, 0) is 9.53 Å². The van der Waals surface area contributed by atoms with Gasteiger partial charge in [-0.3, -0.25) is 4.79 Å². The van der Waals surface area contributed by atoms with Gasteiger partial charge in [0.25, 0.3) is 5.91 Å². The van der Waals surface area contributed by atoms with Gasteiger partial charge in [-0.15, -0.1) is 0 Å². The van der Waals surface area contributed by atoms with Crippen molar-refractivity contribution >= 4 is 27.8 Å². The number of carboxylic acids is 1. The van der Waals surface area contributed by atoms with Gasteiger partial charge in [0.15, 0.2) is 16.0 Å². The number of methoxy groups -OCH3 is 1. The van der Waals surface area contributed by atoms with Crippen LogP contribution in [0.3, 0.4) is 0 Å². The molecule has 1 aromatic rings. The Bertz CT molecular complexity index is 430. The van der Waals surface area contributed by atoms with Crippen LogP contribution in [0.2, 0.25) is 0 Å². The molecule has 0 aliphatic heterocycles. The molecule has 0 aliphatic carbocycles. The minimum absolute atomic E-state index is 0.0282. The molecule has 0 aliphatic rings. The molecule has 0 fully saturated rings. The summed E-state index contributed by atoms with van der Waals surface area (Å²) in [6.45, 7) is 1.21. The molecule has 7 heteroatoms. The van der Waals surface area contributed by atoms with E-state index in [1.807, 2.05) is 0 Å². The van der Waals surface area contributed by atoms with E-state index in [9.17, 15) is 9.59 Å². The molecule has 6 nitrogen and oxygen atoms in total. The van der Waals surface area contributed by atoms with E-state index >= 15 is 0 Å². The highest BCUT2D eigenvalue weighted by Crippen LogP contribution is 2.15. The van der Waals surface area contributed by atoms with Gasteiger partial charge in [0.2, 0.25) is 0 Å². The highest BCUT2D eigenvalue weighted by atomic mass is 79.9. The van der Waals surface area contributed by atoms with E-state index < -0.39 is 17.4 Å².